The summed E-state index contributed by atoms with van der Waals surface area (Å²) in [5.74, 6) is -1.20. The molecule has 0 aliphatic rings. The first-order chi connectivity index (χ1) is 7.56. The largest absolute Gasteiger partial charge is 0.478 e. The van der Waals surface area contributed by atoms with E-state index in [1.54, 1.807) is 6.07 Å². The zero-order valence-electron chi connectivity index (χ0n) is 8.27. The van der Waals surface area contributed by atoms with Crippen LogP contribution in [-0.2, 0) is 11.2 Å². The summed E-state index contributed by atoms with van der Waals surface area (Å²) >= 11 is 0. The fraction of sp³-hybridized carbons (Fsp3) is 0.100. The van der Waals surface area contributed by atoms with E-state index in [1.807, 2.05) is 0 Å². The molecule has 0 saturated carbocycles. The third-order valence-corrected chi connectivity index (χ3v) is 1.93. The molecule has 0 fully saturated rings. The number of carboxylic acids is 1. The van der Waals surface area contributed by atoms with Gasteiger partial charge in [0.25, 0.3) is 0 Å². The number of nitrogens with one attached hydrogen (secondary N) is 1. The molecule has 6 nitrogen and oxygen atoms in total. The Kier molecular flexibility index (Phi) is 3.60. The number of hydrogen-bond donors (Lipinski definition) is 3. The number of carbonyl (C=O) groups is 3. The minimum absolute atomic E-state index is 0.0106. The number of anilines is 1. The van der Waals surface area contributed by atoms with Crippen LogP contribution in [0.5, 0.6) is 0 Å². The Hall–Kier alpha value is -2.37. The first-order valence-electron chi connectivity index (χ1n) is 4.41. The normalized spacial score (nSPS) is 9.50. The van der Waals surface area contributed by atoms with Gasteiger partial charge in [-0.3, -0.25) is 0 Å². The van der Waals surface area contributed by atoms with Gasteiger partial charge in [-0.15, -0.1) is 0 Å². The van der Waals surface area contributed by atoms with Gasteiger partial charge < -0.3 is 21.0 Å². The number of hydrogen-bond acceptors (Lipinski definition) is 3. The lowest BCUT2D eigenvalue weighted by atomic mass is 10.0. The number of nitrogens with two attached hydrogens (primary N) is 1. The predicted octanol–water partition coefficient (Wildman–Crippen LogP) is 0.617. The fourth-order valence-electron chi connectivity index (χ4n) is 1.31. The van der Waals surface area contributed by atoms with Crippen LogP contribution in [0.2, 0.25) is 0 Å². The SMILES string of the molecule is NC(=O)Nc1c(CC=O)cccc1C(=O)O. The van der Waals surface area contributed by atoms with E-state index in [0.29, 0.717) is 11.8 Å². The Morgan fingerprint density at radius 1 is 1.44 bits per heavy atom. The first-order valence-corrected chi connectivity index (χ1v) is 4.41. The summed E-state index contributed by atoms with van der Waals surface area (Å²) in [4.78, 5) is 32.0. The van der Waals surface area contributed by atoms with Crippen molar-refractivity contribution in [2.75, 3.05) is 5.32 Å². The summed E-state index contributed by atoms with van der Waals surface area (Å²) in [6, 6.07) is 3.49. The van der Waals surface area contributed by atoms with Crippen LogP contribution in [-0.4, -0.2) is 23.4 Å². The van der Waals surface area contributed by atoms with Crippen molar-refractivity contribution in [3.05, 3.63) is 29.3 Å². The second-order valence-corrected chi connectivity index (χ2v) is 3.00. The van der Waals surface area contributed by atoms with E-state index in [1.165, 1.54) is 12.1 Å². The third-order valence-electron chi connectivity index (χ3n) is 1.93. The van der Waals surface area contributed by atoms with E-state index in [2.05, 4.69) is 5.32 Å². The van der Waals surface area contributed by atoms with Crippen molar-refractivity contribution in [3.63, 3.8) is 0 Å². The lowest BCUT2D eigenvalue weighted by Gasteiger charge is -2.10. The van der Waals surface area contributed by atoms with Crippen LogP contribution in [0.25, 0.3) is 0 Å². The van der Waals surface area contributed by atoms with Crippen LogP contribution >= 0.6 is 0 Å². The van der Waals surface area contributed by atoms with Crippen molar-refractivity contribution in [2.45, 2.75) is 6.42 Å². The molecule has 84 valence electrons. The number of carbonyl (C=O) groups excluding carboxylic acids is 2. The number of amides is 2. The zero-order valence-corrected chi connectivity index (χ0v) is 8.27. The highest BCUT2D eigenvalue weighted by molar-refractivity contribution is 6.01. The topological polar surface area (TPSA) is 109 Å². The van der Waals surface area contributed by atoms with Crippen LogP contribution in [0.4, 0.5) is 10.5 Å². The van der Waals surface area contributed by atoms with E-state index >= 15 is 0 Å². The Labute approximate surface area is 91.1 Å². The van der Waals surface area contributed by atoms with Gasteiger partial charge >= 0.3 is 12.0 Å². The highest BCUT2D eigenvalue weighted by Gasteiger charge is 2.14. The highest BCUT2D eigenvalue weighted by atomic mass is 16.4. The second-order valence-electron chi connectivity index (χ2n) is 3.00. The molecule has 0 aliphatic heterocycles. The average molecular weight is 222 g/mol. The monoisotopic (exact) mass is 222 g/mol. The van der Waals surface area contributed by atoms with Gasteiger partial charge in [-0.2, -0.15) is 0 Å². The lowest BCUT2D eigenvalue weighted by Crippen LogP contribution is -2.22. The maximum absolute atomic E-state index is 10.9. The van der Waals surface area contributed by atoms with Gasteiger partial charge in [0, 0.05) is 6.42 Å². The summed E-state index contributed by atoms with van der Waals surface area (Å²) in [6.45, 7) is 0. The number of rotatable bonds is 4. The molecule has 0 radical (unpaired) electrons. The van der Waals surface area contributed by atoms with Gasteiger partial charge in [0.05, 0.1) is 11.3 Å². The molecule has 0 atom stereocenters. The van der Waals surface area contributed by atoms with Gasteiger partial charge in [0.1, 0.15) is 6.29 Å². The Bertz CT molecular complexity index is 442. The molecule has 4 N–H and O–H groups in total. The van der Waals surface area contributed by atoms with Gasteiger partial charge in [-0.1, -0.05) is 12.1 Å². The Morgan fingerprint density at radius 3 is 2.62 bits per heavy atom. The first kappa shape index (κ1) is 11.7. The molecule has 16 heavy (non-hydrogen) atoms. The van der Waals surface area contributed by atoms with Gasteiger partial charge in [-0.25, -0.2) is 9.59 Å². The average Bonchev–Trinajstić information content (AvgIpc) is 2.19. The van der Waals surface area contributed by atoms with Gasteiger partial charge in [0.2, 0.25) is 0 Å². The molecular weight excluding hydrogens is 212 g/mol. The fourth-order valence-corrected chi connectivity index (χ4v) is 1.31. The molecule has 0 saturated heterocycles. The van der Waals surface area contributed by atoms with E-state index in [9.17, 15) is 14.4 Å². The lowest BCUT2D eigenvalue weighted by molar-refractivity contribution is -0.107. The smallest absolute Gasteiger partial charge is 0.337 e. The van der Waals surface area contributed by atoms with Crippen LogP contribution in [0.3, 0.4) is 0 Å². The number of urea groups is 1. The summed E-state index contributed by atoms with van der Waals surface area (Å²) in [5, 5.41) is 11.1. The van der Waals surface area contributed by atoms with E-state index in [0.717, 1.165) is 0 Å². The second kappa shape index (κ2) is 4.92. The van der Waals surface area contributed by atoms with Crippen molar-refractivity contribution >= 4 is 24.0 Å². The van der Waals surface area contributed by atoms with E-state index in [-0.39, 0.29) is 17.7 Å². The number of aldehydes is 1. The molecule has 0 aliphatic carbocycles. The van der Waals surface area contributed by atoms with E-state index < -0.39 is 12.0 Å². The summed E-state index contributed by atoms with van der Waals surface area (Å²) < 4.78 is 0. The molecule has 1 aromatic carbocycles. The summed E-state index contributed by atoms with van der Waals surface area (Å²) in [7, 11) is 0. The molecule has 1 aromatic rings. The maximum atomic E-state index is 10.9. The zero-order chi connectivity index (χ0) is 12.1. The Balaban J connectivity index is 3.27. The number of primary amides is 1. The standard InChI is InChI=1S/C10H10N2O4/c11-10(16)12-8-6(4-5-13)2-1-3-7(8)9(14)15/h1-3,5H,4H2,(H,14,15)(H3,11,12,16). The van der Waals surface area contributed by atoms with Crippen LogP contribution in [0.1, 0.15) is 15.9 Å². The van der Waals surface area contributed by atoms with Crippen LogP contribution in [0.15, 0.2) is 18.2 Å². The predicted molar refractivity (Wildman–Crippen MR) is 56.4 cm³/mol. The number of carboxylic acid groups (broad SMARTS) is 1. The number of para-hydroxylation sites is 1. The minimum atomic E-state index is -1.20. The molecule has 0 unspecified atom stereocenters. The summed E-state index contributed by atoms with van der Waals surface area (Å²) in [6.07, 6.45) is 0.629. The maximum Gasteiger partial charge on any atom is 0.337 e. The highest BCUT2D eigenvalue weighted by Crippen LogP contribution is 2.21. The molecule has 6 heteroatoms. The van der Waals surface area contributed by atoms with Crippen LogP contribution < -0.4 is 11.1 Å². The van der Waals surface area contributed by atoms with E-state index in [4.69, 9.17) is 10.8 Å². The molecule has 0 heterocycles. The molecule has 2 amide bonds. The van der Waals surface area contributed by atoms with Crippen molar-refractivity contribution in [2.24, 2.45) is 5.73 Å². The van der Waals surface area contributed by atoms with Crippen molar-refractivity contribution < 1.29 is 19.5 Å². The number of benzene rings is 1. The van der Waals surface area contributed by atoms with Gasteiger partial charge in [0.15, 0.2) is 0 Å². The third kappa shape index (κ3) is 2.57. The molecule has 0 spiro atoms. The molecular formula is C10H10N2O4. The minimum Gasteiger partial charge on any atom is -0.478 e. The van der Waals surface area contributed by atoms with Crippen LogP contribution in [0, 0.1) is 0 Å². The van der Waals surface area contributed by atoms with Crippen molar-refractivity contribution in [1.29, 1.82) is 0 Å². The Morgan fingerprint density at radius 2 is 2.12 bits per heavy atom. The van der Waals surface area contributed by atoms with Gasteiger partial charge in [-0.05, 0) is 11.6 Å². The quantitative estimate of drug-likeness (QED) is 0.648. The van der Waals surface area contributed by atoms with Crippen molar-refractivity contribution in [1.82, 2.24) is 0 Å². The number of aromatic carboxylic acids is 1. The molecule has 0 aromatic heterocycles. The summed E-state index contributed by atoms with van der Waals surface area (Å²) in [5.41, 5.74) is 5.30. The van der Waals surface area contributed by atoms with Crippen molar-refractivity contribution in [3.8, 4) is 0 Å². The molecule has 1 rings (SSSR count). The molecule has 0 bridgehead atoms.